The van der Waals surface area contributed by atoms with E-state index in [4.69, 9.17) is 4.74 Å². The molecule has 8 nitrogen and oxygen atoms in total. The summed E-state index contributed by atoms with van der Waals surface area (Å²) < 4.78 is 4.76. The Bertz CT molecular complexity index is 787. The lowest BCUT2D eigenvalue weighted by Crippen LogP contribution is -2.46. The summed E-state index contributed by atoms with van der Waals surface area (Å²) in [6.45, 7) is 2.69. The number of methoxy groups -OCH3 is 1. The Morgan fingerprint density at radius 2 is 1.81 bits per heavy atom. The Labute approximate surface area is 157 Å². The van der Waals surface area contributed by atoms with Crippen molar-refractivity contribution in [3.05, 3.63) is 24.2 Å². The summed E-state index contributed by atoms with van der Waals surface area (Å²) in [5, 5.41) is 0. The van der Waals surface area contributed by atoms with E-state index in [9.17, 15) is 9.59 Å². The number of nitrogens with one attached hydrogen (secondary N) is 1. The molecule has 27 heavy (non-hydrogen) atoms. The predicted octanol–water partition coefficient (Wildman–Crippen LogP) is 2.14. The second-order valence-electron chi connectivity index (χ2n) is 7.33. The maximum atomic E-state index is 12.8. The highest BCUT2D eigenvalue weighted by atomic mass is 16.5. The Kier molecular flexibility index (Phi) is 4.96. The number of amides is 2. The highest BCUT2D eigenvalue weighted by molar-refractivity contribution is 5.79. The molecule has 0 radical (unpaired) electrons. The van der Waals surface area contributed by atoms with Gasteiger partial charge >= 0.3 is 6.09 Å². The summed E-state index contributed by atoms with van der Waals surface area (Å²) in [6.07, 6.45) is 4.69. The van der Waals surface area contributed by atoms with Crippen LogP contribution in [0.1, 0.15) is 37.4 Å². The van der Waals surface area contributed by atoms with Gasteiger partial charge in [-0.25, -0.2) is 14.8 Å². The lowest BCUT2D eigenvalue weighted by molar-refractivity contribution is -0.138. The van der Waals surface area contributed by atoms with Crippen LogP contribution >= 0.6 is 0 Å². The lowest BCUT2D eigenvalue weighted by atomic mass is 9.92. The number of aromatic amines is 1. The van der Waals surface area contributed by atoms with Gasteiger partial charge in [0.05, 0.1) is 12.6 Å². The molecule has 0 bridgehead atoms. The second-order valence-corrected chi connectivity index (χ2v) is 7.33. The van der Waals surface area contributed by atoms with E-state index in [0.717, 1.165) is 42.9 Å². The van der Waals surface area contributed by atoms with Crippen LogP contribution in [0, 0.1) is 5.92 Å². The number of H-pyrrole nitrogens is 1. The fourth-order valence-corrected chi connectivity index (χ4v) is 4.13. The average molecular weight is 371 g/mol. The van der Waals surface area contributed by atoms with Crippen molar-refractivity contribution in [1.82, 2.24) is 24.8 Å². The number of rotatable bonds is 2. The van der Waals surface area contributed by atoms with Crippen LogP contribution in [0.2, 0.25) is 0 Å². The van der Waals surface area contributed by atoms with E-state index < -0.39 is 0 Å². The molecule has 0 spiro atoms. The smallest absolute Gasteiger partial charge is 0.409 e. The van der Waals surface area contributed by atoms with Crippen LogP contribution in [-0.2, 0) is 9.53 Å². The number of nitrogens with zero attached hydrogens (tertiary/aromatic N) is 4. The average Bonchev–Trinajstić information content (AvgIpc) is 3.17. The zero-order valence-corrected chi connectivity index (χ0v) is 15.6. The van der Waals surface area contributed by atoms with Crippen LogP contribution in [0.25, 0.3) is 11.2 Å². The first kappa shape index (κ1) is 17.8. The normalized spacial score (nSPS) is 19.4. The van der Waals surface area contributed by atoms with Gasteiger partial charge in [-0.3, -0.25) is 4.79 Å². The molecule has 0 unspecified atom stereocenters. The summed E-state index contributed by atoms with van der Waals surface area (Å²) in [6, 6.07) is 3.88. The predicted molar refractivity (Wildman–Crippen MR) is 99.1 cm³/mol. The maximum absolute atomic E-state index is 12.8. The van der Waals surface area contributed by atoms with Gasteiger partial charge in [-0.15, -0.1) is 0 Å². The molecule has 2 aromatic rings. The summed E-state index contributed by atoms with van der Waals surface area (Å²) in [4.78, 5) is 40.3. The van der Waals surface area contributed by atoms with Gasteiger partial charge in [-0.05, 0) is 37.8 Å². The number of ether oxygens (including phenoxy) is 1. The minimum Gasteiger partial charge on any atom is -0.453 e. The van der Waals surface area contributed by atoms with Crippen molar-refractivity contribution in [1.29, 1.82) is 0 Å². The molecule has 2 aliphatic rings. The lowest BCUT2D eigenvalue weighted by Gasteiger charge is -2.36. The van der Waals surface area contributed by atoms with Crippen LogP contribution in [0.5, 0.6) is 0 Å². The number of imidazole rings is 1. The second kappa shape index (κ2) is 7.54. The van der Waals surface area contributed by atoms with E-state index in [1.165, 1.54) is 7.11 Å². The minimum atomic E-state index is -0.304. The van der Waals surface area contributed by atoms with Gasteiger partial charge in [0.1, 0.15) is 5.82 Å². The molecule has 4 rings (SSSR count). The Morgan fingerprint density at radius 3 is 2.48 bits per heavy atom. The van der Waals surface area contributed by atoms with E-state index >= 15 is 0 Å². The van der Waals surface area contributed by atoms with Gasteiger partial charge in [0.2, 0.25) is 5.91 Å². The standard InChI is InChI=1S/C19H25N5O3/c1-27-19(26)24-11-6-14(7-12-24)18(25)23-9-4-13(5-10-23)16-21-15-3-2-8-20-17(15)22-16/h2-3,8,13-14H,4-7,9-12H2,1H3,(H,20,21,22). The van der Waals surface area contributed by atoms with E-state index in [-0.39, 0.29) is 17.9 Å². The third-order valence-corrected chi connectivity index (χ3v) is 5.75. The molecule has 0 aliphatic carbocycles. The number of piperidine rings is 2. The van der Waals surface area contributed by atoms with Gasteiger partial charge in [0.25, 0.3) is 0 Å². The van der Waals surface area contributed by atoms with Gasteiger partial charge in [0, 0.05) is 44.2 Å². The largest absolute Gasteiger partial charge is 0.453 e. The number of carbonyl (C=O) groups is 2. The van der Waals surface area contributed by atoms with Crippen molar-refractivity contribution in [2.24, 2.45) is 5.92 Å². The number of carbonyl (C=O) groups excluding carboxylic acids is 2. The zero-order valence-electron chi connectivity index (χ0n) is 15.6. The van der Waals surface area contributed by atoms with E-state index in [0.29, 0.717) is 31.8 Å². The molecule has 2 fully saturated rings. The molecule has 2 saturated heterocycles. The van der Waals surface area contributed by atoms with Gasteiger partial charge < -0.3 is 19.5 Å². The van der Waals surface area contributed by atoms with Gasteiger partial charge in [-0.1, -0.05) is 0 Å². The molecular weight excluding hydrogens is 346 g/mol. The molecule has 0 aromatic carbocycles. The van der Waals surface area contributed by atoms with E-state index in [2.05, 4.69) is 15.0 Å². The summed E-state index contributed by atoms with van der Waals surface area (Å²) in [7, 11) is 1.39. The third-order valence-electron chi connectivity index (χ3n) is 5.75. The number of hydrogen-bond donors (Lipinski definition) is 1. The minimum absolute atomic E-state index is 0.0119. The van der Waals surface area contributed by atoms with Crippen molar-refractivity contribution in [3.63, 3.8) is 0 Å². The van der Waals surface area contributed by atoms with Crippen LogP contribution < -0.4 is 0 Å². The van der Waals surface area contributed by atoms with Crippen molar-refractivity contribution in [2.45, 2.75) is 31.6 Å². The maximum Gasteiger partial charge on any atom is 0.409 e. The van der Waals surface area contributed by atoms with Crippen LogP contribution in [0.3, 0.4) is 0 Å². The fraction of sp³-hybridized carbons (Fsp3) is 0.579. The quantitative estimate of drug-likeness (QED) is 0.873. The molecule has 0 saturated carbocycles. The van der Waals surface area contributed by atoms with Gasteiger partial charge in [-0.2, -0.15) is 0 Å². The monoisotopic (exact) mass is 371 g/mol. The van der Waals surface area contributed by atoms with Crippen LogP contribution in [0.15, 0.2) is 18.3 Å². The molecule has 8 heteroatoms. The van der Waals surface area contributed by atoms with Gasteiger partial charge in [0.15, 0.2) is 5.65 Å². The number of aromatic nitrogens is 3. The first-order valence-electron chi connectivity index (χ1n) is 9.58. The third kappa shape index (κ3) is 3.61. The molecule has 2 aromatic heterocycles. The zero-order chi connectivity index (χ0) is 18.8. The molecule has 2 aliphatic heterocycles. The molecule has 0 atom stereocenters. The molecule has 1 N–H and O–H groups in total. The molecular formula is C19H25N5O3. The summed E-state index contributed by atoms with van der Waals surface area (Å²) in [5.74, 6) is 1.55. The summed E-state index contributed by atoms with van der Waals surface area (Å²) >= 11 is 0. The van der Waals surface area contributed by atoms with E-state index in [1.807, 2.05) is 17.0 Å². The highest BCUT2D eigenvalue weighted by Gasteiger charge is 2.33. The molecule has 2 amide bonds. The first-order valence-corrected chi connectivity index (χ1v) is 9.58. The topological polar surface area (TPSA) is 91.4 Å². The van der Waals surface area contributed by atoms with Crippen LogP contribution in [0.4, 0.5) is 4.79 Å². The number of fused-ring (bicyclic) bond motifs is 1. The van der Waals surface area contributed by atoms with Crippen molar-refractivity contribution in [3.8, 4) is 0 Å². The Hall–Kier alpha value is -2.64. The van der Waals surface area contributed by atoms with Crippen LogP contribution in [-0.4, -0.2) is 70.0 Å². The van der Waals surface area contributed by atoms with Crippen molar-refractivity contribution >= 4 is 23.2 Å². The summed E-state index contributed by atoms with van der Waals surface area (Å²) in [5.41, 5.74) is 1.71. The first-order chi connectivity index (χ1) is 13.2. The number of pyridine rings is 1. The van der Waals surface area contributed by atoms with Crippen molar-refractivity contribution in [2.75, 3.05) is 33.3 Å². The molecule has 144 valence electrons. The molecule has 4 heterocycles. The Balaban J connectivity index is 1.31. The SMILES string of the molecule is COC(=O)N1CCC(C(=O)N2CCC(c3nc4ncccc4[nH]3)CC2)CC1. The van der Waals surface area contributed by atoms with Crippen molar-refractivity contribution < 1.29 is 14.3 Å². The number of hydrogen-bond acceptors (Lipinski definition) is 5. The van der Waals surface area contributed by atoms with E-state index in [1.54, 1.807) is 11.1 Å². The number of likely N-dealkylation sites (tertiary alicyclic amines) is 2. The fourth-order valence-electron chi connectivity index (χ4n) is 4.13. The highest BCUT2D eigenvalue weighted by Crippen LogP contribution is 2.29. The Morgan fingerprint density at radius 1 is 1.11 bits per heavy atom.